The highest BCUT2D eigenvalue weighted by atomic mass is 16.5. The molecule has 378 valence electrons. The Labute approximate surface area is 399 Å². The van der Waals surface area contributed by atoms with Gasteiger partial charge >= 0.3 is 5.97 Å². The predicted molar refractivity (Wildman–Crippen MR) is 278 cm³/mol. The van der Waals surface area contributed by atoms with Gasteiger partial charge < -0.3 is 20.3 Å². The third-order valence-electron chi connectivity index (χ3n) is 13.2. The van der Waals surface area contributed by atoms with Gasteiger partial charge in [0.1, 0.15) is 0 Å². The average Bonchev–Trinajstić information content (AvgIpc) is 3.29. The summed E-state index contributed by atoms with van der Waals surface area (Å²) in [5.74, 6) is -0.0362. The molecular formula is C58H111NO5. The quantitative estimate of drug-likeness (QED) is 0.0321. The molecule has 0 aromatic rings. The summed E-state index contributed by atoms with van der Waals surface area (Å²) in [7, 11) is 0. The summed E-state index contributed by atoms with van der Waals surface area (Å²) in [5, 5.41) is 23.1. The molecule has 0 saturated heterocycles. The summed E-state index contributed by atoms with van der Waals surface area (Å²) in [5.41, 5.74) is 0. The van der Waals surface area contributed by atoms with E-state index in [1.807, 2.05) is 0 Å². The van der Waals surface area contributed by atoms with Crippen molar-refractivity contribution in [2.24, 2.45) is 0 Å². The second kappa shape index (κ2) is 54.0. The largest absolute Gasteiger partial charge is 0.466 e. The van der Waals surface area contributed by atoms with E-state index >= 15 is 0 Å². The Morgan fingerprint density at radius 1 is 0.422 bits per heavy atom. The Balaban J connectivity index is 3.37. The molecule has 64 heavy (non-hydrogen) atoms. The SMILES string of the molecule is CCCCCC/C=C\CCCCCCCC(=O)OCCCCCCCCCCCCCC/C=C\CCCCCCCCCCCC(=O)NC(CO)C(O)CCCCCCCCCCC. The van der Waals surface area contributed by atoms with Crippen LogP contribution in [-0.2, 0) is 14.3 Å². The normalized spacial score (nSPS) is 12.8. The smallest absolute Gasteiger partial charge is 0.305 e. The lowest BCUT2D eigenvalue weighted by Gasteiger charge is -2.22. The van der Waals surface area contributed by atoms with Crippen LogP contribution in [0.2, 0.25) is 0 Å². The third-order valence-corrected chi connectivity index (χ3v) is 13.2. The first-order chi connectivity index (χ1) is 31.5. The fourth-order valence-corrected chi connectivity index (χ4v) is 8.81. The van der Waals surface area contributed by atoms with Gasteiger partial charge in [0.15, 0.2) is 0 Å². The Kier molecular flexibility index (Phi) is 52.6. The zero-order valence-corrected chi connectivity index (χ0v) is 43.0. The van der Waals surface area contributed by atoms with Gasteiger partial charge in [-0.05, 0) is 77.0 Å². The summed E-state index contributed by atoms with van der Waals surface area (Å²) >= 11 is 0. The molecule has 0 aliphatic heterocycles. The van der Waals surface area contributed by atoms with Crippen LogP contribution in [0.5, 0.6) is 0 Å². The highest BCUT2D eigenvalue weighted by Crippen LogP contribution is 2.16. The highest BCUT2D eigenvalue weighted by Gasteiger charge is 2.20. The minimum Gasteiger partial charge on any atom is -0.466 e. The molecule has 0 aliphatic rings. The maximum atomic E-state index is 12.4. The van der Waals surface area contributed by atoms with Crippen LogP contribution < -0.4 is 5.32 Å². The molecule has 0 rings (SSSR count). The number of esters is 1. The molecule has 2 unspecified atom stereocenters. The van der Waals surface area contributed by atoms with Gasteiger partial charge in [-0.25, -0.2) is 0 Å². The Bertz CT molecular complexity index is 997. The molecule has 1 amide bonds. The number of rotatable bonds is 53. The number of carbonyl (C=O) groups excluding carboxylic acids is 2. The van der Waals surface area contributed by atoms with Gasteiger partial charge in [0.05, 0.1) is 25.4 Å². The molecule has 0 aromatic carbocycles. The molecule has 0 spiro atoms. The van der Waals surface area contributed by atoms with Crippen LogP contribution in [0.3, 0.4) is 0 Å². The van der Waals surface area contributed by atoms with Gasteiger partial charge in [-0.2, -0.15) is 0 Å². The predicted octanol–water partition coefficient (Wildman–Crippen LogP) is 17.5. The molecule has 0 heterocycles. The van der Waals surface area contributed by atoms with Gasteiger partial charge in [0.25, 0.3) is 0 Å². The maximum absolute atomic E-state index is 12.4. The Morgan fingerprint density at radius 2 is 0.734 bits per heavy atom. The minimum absolute atomic E-state index is 0.00401. The maximum Gasteiger partial charge on any atom is 0.305 e. The number of unbranched alkanes of at least 4 members (excludes halogenated alkanes) is 38. The molecule has 0 aromatic heterocycles. The van der Waals surface area contributed by atoms with E-state index in [0.717, 1.165) is 44.9 Å². The number of nitrogens with one attached hydrogen (secondary N) is 1. The molecular weight excluding hydrogens is 791 g/mol. The zero-order valence-electron chi connectivity index (χ0n) is 43.0. The van der Waals surface area contributed by atoms with E-state index in [1.165, 1.54) is 231 Å². The second-order valence-corrected chi connectivity index (χ2v) is 19.6. The fraction of sp³-hybridized carbons (Fsp3) is 0.897. The number of allylic oxidation sites excluding steroid dienone is 4. The summed E-state index contributed by atoms with van der Waals surface area (Å²) in [6, 6.07) is -0.541. The Hall–Kier alpha value is -1.66. The van der Waals surface area contributed by atoms with Crippen molar-refractivity contribution in [3.63, 3.8) is 0 Å². The van der Waals surface area contributed by atoms with Crippen LogP contribution in [0.1, 0.15) is 309 Å². The van der Waals surface area contributed by atoms with Crippen molar-refractivity contribution in [2.75, 3.05) is 13.2 Å². The molecule has 0 bridgehead atoms. The van der Waals surface area contributed by atoms with Crippen molar-refractivity contribution in [3.05, 3.63) is 24.3 Å². The van der Waals surface area contributed by atoms with Gasteiger partial charge in [0, 0.05) is 12.8 Å². The molecule has 3 N–H and O–H groups in total. The monoisotopic (exact) mass is 902 g/mol. The van der Waals surface area contributed by atoms with Crippen molar-refractivity contribution in [2.45, 2.75) is 321 Å². The van der Waals surface area contributed by atoms with Crippen LogP contribution in [0.4, 0.5) is 0 Å². The van der Waals surface area contributed by atoms with Crippen molar-refractivity contribution in [1.82, 2.24) is 5.32 Å². The molecule has 0 fully saturated rings. The molecule has 2 atom stereocenters. The molecule has 6 heteroatoms. The lowest BCUT2D eigenvalue weighted by atomic mass is 10.0. The van der Waals surface area contributed by atoms with Crippen LogP contribution in [0.25, 0.3) is 0 Å². The third kappa shape index (κ3) is 49.8. The van der Waals surface area contributed by atoms with Crippen molar-refractivity contribution in [3.8, 4) is 0 Å². The van der Waals surface area contributed by atoms with Crippen molar-refractivity contribution >= 4 is 11.9 Å². The van der Waals surface area contributed by atoms with Gasteiger partial charge in [-0.1, -0.05) is 244 Å². The van der Waals surface area contributed by atoms with E-state index < -0.39 is 12.1 Å². The first kappa shape index (κ1) is 62.3. The van der Waals surface area contributed by atoms with Crippen molar-refractivity contribution < 1.29 is 24.5 Å². The lowest BCUT2D eigenvalue weighted by Crippen LogP contribution is -2.45. The van der Waals surface area contributed by atoms with Crippen LogP contribution in [0.15, 0.2) is 24.3 Å². The standard InChI is InChI=1S/C58H111NO5/c1-3-5-7-9-11-13-14-28-32-36-40-44-48-52-58(63)64-53-49-45-41-37-33-30-27-25-23-21-19-17-15-16-18-20-22-24-26-29-31-35-39-43-47-51-57(62)59-55(54-60)56(61)50-46-42-38-34-12-10-8-6-4-2/h13-14,16,18,55-56,60-61H,3-12,15,17,19-54H2,1-2H3,(H,59,62)/b14-13-,18-16-. The molecule has 0 aliphatic carbocycles. The number of ether oxygens (including phenoxy) is 1. The molecule has 0 radical (unpaired) electrons. The summed E-state index contributed by atoms with van der Waals surface area (Å²) in [6.45, 7) is 4.92. The summed E-state index contributed by atoms with van der Waals surface area (Å²) < 4.78 is 5.47. The number of hydrogen-bond donors (Lipinski definition) is 3. The lowest BCUT2D eigenvalue weighted by molar-refractivity contribution is -0.143. The first-order valence-electron chi connectivity index (χ1n) is 28.6. The number of hydrogen-bond acceptors (Lipinski definition) is 5. The number of carbonyl (C=O) groups is 2. The summed E-state index contributed by atoms with van der Waals surface area (Å²) in [4.78, 5) is 24.4. The van der Waals surface area contributed by atoms with Crippen LogP contribution >= 0.6 is 0 Å². The second-order valence-electron chi connectivity index (χ2n) is 19.6. The number of aliphatic hydroxyl groups excluding tert-OH is 2. The van der Waals surface area contributed by atoms with E-state index in [2.05, 4.69) is 43.5 Å². The summed E-state index contributed by atoms with van der Waals surface area (Å²) in [6.07, 6.45) is 64.7. The zero-order chi connectivity index (χ0) is 46.5. The number of aliphatic hydroxyl groups is 2. The van der Waals surface area contributed by atoms with Crippen LogP contribution in [-0.4, -0.2) is 47.4 Å². The van der Waals surface area contributed by atoms with Gasteiger partial charge in [-0.15, -0.1) is 0 Å². The van der Waals surface area contributed by atoms with Gasteiger partial charge in [-0.3, -0.25) is 9.59 Å². The van der Waals surface area contributed by atoms with E-state index in [1.54, 1.807) is 0 Å². The Morgan fingerprint density at radius 3 is 1.12 bits per heavy atom. The average molecular weight is 903 g/mol. The first-order valence-corrected chi connectivity index (χ1v) is 28.6. The number of amides is 1. The van der Waals surface area contributed by atoms with Crippen molar-refractivity contribution in [1.29, 1.82) is 0 Å². The van der Waals surface area contributed by atoms with Crippen LogP contribution in [0, 0.1) is 0 Å². The van der Waals surface area contributed by atoms with E-state index in [0.29, 0.717) is 25.9 Å². The minimum atomic E-state index is -0.663. The molecule has 0 saturated carbocycles. The fourth-order valence-electron chi connectivity index (χ4n) is 8.81. The van der Waals surface area contributed by atoms with E-state index in [9.17, 15) is 19.8 Å². The van der Waals surface area contributed by atoms with Gasteiger partial charge in [0.2, 0.25) is 5.91 Å². The highest BCUT2D eigenvalue weighted by molar-refractivity contribution is 5.76. The topological polar surface area (TPSA) is 95.9 Å². The van der Waals surface area contributed by atoms with E-state index in [-0.39, 0.29) is 18.5 Å². The molecule has 6 nitrogen and oxygen atoms in total. The van der Waals surface area contributed by atoms with E-state index in [4.69, 9.17) is 4.74 Å².